The van der Waals surface area contributed by atoms with E-state index in [0.29, 0.717) is 11.3 Å². The van der Waals surface area contributed by atoms with E-state index in [1.807, 2.05) is 6.92 Å². The van der Waals surface area contributed by atoms with E-state index < -0.39 is 5.82 Å². The Labute approximate surface area is 104 Å². The summed E-state index contributed by atoms with van der Waals surface area (Å²) in [7, 11) is 0. The highest BCUT2D eigenvalue weighted by molar-refractivity contribution is 5.31. The first-order chi connectivity index (χ1) is 8.60. The molecule has 0 radical (unpaired) electrons. The number of ether oxygens (including phenoxy) is 1. The molecule has 0 saturated carbocycles. The minimum absolute atomic E-state index is 0.0641. The number of aliphatic hydroxyl groups is 1. The van der Waals surface area contributed by atoms with Gasteiger partial charge in [0.1, 0.15) is 0 Å². The van der Waals surface area contributed by atoms with Gasteiger partial charge in [0, 0.05) is 11.8 Å². The summed E-state index contributed by atoms with van der Waals surface area (Å²) in [6.07, 6.45) is 1.46. The van der Waals surface area contributed by atoms with Gasteiger partial charge < -0.3 is 9.84 Å². The highest BCUT2D eigenvalue weighted by Crippen LogP contribution is 2.23. The third-order valence-electron chi connectivity index (χ3n) is 2.52. The number of halogens is 1. The Hall–Kier alpha value is -2.01. The van der Waals surface area contributed by atoms with Crippen molar-refractivity contribution in [1.29, 1.82) is 0 Å². The second-order valence-electron chi connectivity index (χ2n) is 3.96. The summed E-state index contributed by atoms with van der Waals surface area (Å²) in [5, 5.41) is 9.00. The first-order valence-electron chi connectivity index (χ1n) is 5.47. The second-order valence-corrected chi connectivity index (χ2v) is 3.96. The van der Waals surface area contributed by atoms with Gasteiger partial charge >= 0.3 is 6.01 Å². The van der Waals surface area contributed by atoms with Crippen LogP contribution in [0.3, 0.4) is 0 Å². The van der Waals surface area contributed by atoms with Crippen LogP contribution in [-0.2, 0) is 6.61 Å². The van der Waals surface area contributed by atoms with Crippen molar-refractivity contribution in [2.75, 3.05) is 0 Å². The van der Waals surface area contributed by atoms with E-state index in [0.717, 1.165) is 5.56 Å². The number of hydrogen-bond donors (Lipinski definition) is 1. The summed E-state index contributed by atoms with van der Waals surface area (Å²) in [6, 6.07) is 4.63. The Morgan fingerprint density at radius 2 is 2.11 bits per heavy atom. The fourth-order valence-electron chi connectivity index (χ4n) is 1.46. The van der Waals surface area contributed by atoms with Crippen molar-refractivity contribution >= 4 is 0 Å². The molecule has 5 heteroatoms. The van der Waals surface area contributed by atoms with Crippen LogP contribution in [0, 0.1) is 19.7 Å². The smallest absolute Gasteiger partial charge is 0.322 e. The predicted octanol–water partition coefficient (Wildman–Crippen LogP) is 2.52. The minimum Gasteiger partial charge on any atom is -0.421 e. The van der Waals surface area contributed by atoms with Crippen LogP contribution in [-0.4, -0.2) is 15.1 Å². The van der Waals surface area contributed by atoms with Crippen LogP contribution in [0.1, 0.15) is 16.8 Å². The molecule has 4 nitrogen and oxygen atoms in total. The maximum atomic E-state index is 13.5. The van der Waals surface area contributed by atoms with Crippen LogP contribution in [0.4, 0.5) is 4.39 Å². The summed E-state index contributed by atoms with van der Waals surface area (Å²) in [5.74, 6) is -0.376. The fraction of sp³-hybridized carbons (Fsp3) is 0.231. The van der Waals surface area contributed by atoms with Gasteiger partial charge in [0.15, 0.2) is 11.6 Å². The average Bonchev–Trinajstić information content (AvgIpc) is 2.34. The van der Waals surface area contributed by atoms with E-state index in [-0.39, 0.29) is 18.4 Å². The number of nitrogens with zero attached hydrogens (tertiary/aromatic N) is 2. The van der Waals surface area contributed by atoms with Crippen LogP contribution in [0.2, 0.25) is 0 Å². The predicted molar refractivity (Wildman–Crippen MR) is 63.9 cm³/mol. The van der Waals surface area contributed by atoms with E-state index in [1.165, 1.54) is 12.3 Å². The Balaban J connectivity index is 2.28. The Kier molecular flexibility index (Phi) is 3.53. The number of aliphatic hydroxyl groups excluding tert-OH is 1. The molecule has 0 bridgehead atoms. The first kappa shape index (κ1) is 12.4. The van der Waals surface area contributed by atoms with Crippen molar-refractivity contribution in [3.05, 3.63) is 47.0 Å². The summed E-state index contributed by atoms with van der Waals surface area (Å²) in [6.45, 7) is 3.44. The van der Waals surface area contributed by atoms with Gasteiger partial charge in [-0.15, -0.1) is 0 Å². The summed E-state index contributed by atoms with van der Waals surface area (Å²) < 4.78 is 18.8. The number of rotatable bonds is 3. The molecule has 0 amide bonds. The molecule has 0 spiro atoms. The van der Waals surface area contributed by atoms with Gasteiger partial charge in [-0.3, -0.25) is 0 Å². The Morgan fingerprint density at radius 1 is 1.33 bits per heavy atom. The van der Waals surface area contributed by atoms with Crippen molar-refractivity contribution in [2.24, 2.45) is 0 Å². The first-order valence-corrected chi connectivity index (χ1v) is 5.47. The number of aromatic nitrogens is 2. The molecular weight excluding hydrogens is 235 g/mol. The molecule has 0 aliphatic heterocycles. The zero-order valence-electron chi connectivity index (χ0n) is 10.1. The van der Waals surface area contributed by atoms with Crippen LogP contribution < -0.4 is 4.74 Å². The average molecular weight is 248 g/mol. The highest BCUT2D eigenvalue weighted by atomic mass is 19.1. The van der Waals surface area contributed by atoms with E-state index in [9.17, 15) is 4.39 Å². The molecule has 2 aromatic rings. The summed E-state index contributed by atoms with van der Waals surface area (Å²) in [5.41, 5.74) is 2.11. The Morgan fingerprint density at radius 3 is 2.78 bits per heavy atom. The lowest BCUT2D eigenvalue weighted by molar-refractivity contribution is 0.279. The van der Waals surface area contributed by atoms with E-state index in [2.05, 4.69) is 9.97 Å². The van der Waals surface area contributed by atoms with E-state index >= 15 is 0 Å². The van der Waals surface area contributed by atoms with Crippen LogP contribution in [0.15, 0.2) is 24.4 Å². The lowest BCUT2D eigenvalue weighted by Gasteiger charge is -2.07. The lowest BCUT2D eigenvalue weighted by Crippen LogP contribution is -1.99. The number of benzene rings is 1. The maximum absolute atomic E-state index is 13.5. The molecule has 1 N–H and O–H groups in total. The van der Waals surface area contributed by atoms with Crippen LogP contribution in [0.25, 0.3) is 0 Å². The third kappa shape index (κ3) is 2.62. The zero-order chi connectivity index (χ0) is 13.1. The van der Waals surface area contributed by atoms with Gasteiger partial charge in [-0.05, 0) is 31.5 Å². The summed E-state index contributed by atoms with van der Waals surface area (Å²) >= 11 is 0. The molecule has 1 aromatic heterocycles. The topological polar surface area (TPSA) is 55.2 Å². The lowest BCUT2D eigenvalue weighted by atomic mass is 10.2. The molecule has 1 aromatic carbocycles. The highest BCUT2D eigenvalue weighted by Gasteiger charge is 2.08. The van der Waals surface area contributed by atoms with Crippen molar-refractivity contribution < 1.29 is 14.2 Å². The monoisotopic (exact) mass is 248 g/mol. The van der Waals surface area contributed by atoms with Gasteiger partial charge in [0.2, 0.25) is 0 Å². The second kappa shape index (κ2) is 5.10. The van der Waals surface area contributed by atoms with Gasteiger partial charge in [-0.1, -0.05) is 6.07 Å². The van der Waals surface area contributed by atoms with Crippen molar-refractivity contribution in [1.82, 2.24) is 9.97 Å². The molecule has 1 heterocycles. The summed E-state index contributed by atoms with van der Waals surface area (Å²) in [4.78, 5) is 7.97. The minimum atomic E-state index is -0.465. The molecule has 0 atom stereocenters. The molecule has 0 fully saturated rings. The van der Waals surface area contributed by atoms with Crippen LogP contribution in [0.5, 0.6) is 11.8 Å². The van der Waals surface area contributed by atoms with E-state index in [1.54, 1.807) is 19.1 Å². The molecule has 2 rings (SSSR count). The normalized spacial score (nSPS) is 10.4. The zero-order valence-corrected chi connectivity index (χ0v) is 10.1. The number of hydrogen-bond acceptors (Lipinski definition) is 4. The third-order valence-corrected chi connectivity index (χ3v) is 2.52. The molecule has 0 aliphatic rings. The van der Waals surface area contributed by atoms with Crippen LogP contribution >= 0.6 is 0 Å². The standard InChI is InChI=1S/C13H13FN2O2/c1-8-3-4-11(14)12(5-8)18-13-15-6-10(7-17)9(2)16-13/h3-6,17H,7H2,1-2H3. The quantitative estimate of drug-likeness (QED) is 0.906. The van der Waals surface area contributed by atoms with Crippen molar-refractivity contribution in [2.45, 2.75) is 20.5 Å². The van der Waals surface area contributed by atoms with Gasteiger partial charge in [0.25, 0.3) is 0 Å². The molecule has 18 heavy (non-hydrogen) atoms. The van der Waals surface area contributed by atoms with Crippen molar-refractivity contribution in [3.8, 4) is 11.8 Å². The maximum Gasteiger partial charge on any atom is 0.322 e. The van der Waals surface area contributed by atoms with Gasteiger partial charge in [0.05, 0.1) is 12.3 Å². The Bertz CT molecular complexity index is 573. The largest absolute Gasteiger partial charge is 0.421 e. The van der Waals surface area contributed by atoms with Gasteiger partial charge in [-0.2, -0.15) is 4.98 Å². The number of aryl methyl sites for hydroxylation is 2. The fourth-order valence-corrected chi connectivity index (χ4v) is 1.46. The molecular formula is C13H13FN2O2. The molecule has 0 aliphatic carbocycles. The molecule has 0 unspecified atom stereocenters. The van der Waals surface area contributed by atoms with Crippen molar-refractivity contribution in [3.63, 3.8) is 0 Å². The SMILES string of the molecule is Cc1ccc(F)c(Oc2ncc(CO)c(C)n2)c1. The van der Waals surface area contributed by atoms with Gasteiger partial charge in [-0.25, -0.2) is 9.37 Å². The molecule has 94 valence electrons. The molecule has 0 saturated heterocycles. The van der Waals surface area contributed by atoms with E-state index in [4.69, 9.17) is 9.84 Å².